The van der Waals surface area contributed by atoms with E-state index in [1.165, 1.54) is 0 Å². The van der Waals surface area contributed by atoms with E-state index < -0.39 is 22.6 Å². The van der Waals surface area contributed by atoms with Crippen molar-refractivity contribution < 1.29 is 24.2 Å². The lowest BCUT2D eigenvalue weighted by Gasteiger charge is -2.35. The number of aliphatic hydroxyl groups is 1. The summed E-state index contributed by atoms with van der Waals surface area (Å²) in [7, 11) is 0. The van der Waals surface area contributed by atoms with Gasteiger partial charge in [-0.2, -0.15) is 0 Å². The number of benzene rings is 1. The van der Waals surface area contributed by atoms with Crippen molar-refractivity contribution >= 4 is 56.5 Å². The van der Waals surface area contributed by atoms with Crippen molar-refractivity contribution in [3.63, 3.8) is 0 Å². The molecule has 12 heteroatoms. The number of amides is 2. The summed E-state index contributed by atoms with van der Waals surface area (Å²) in [6.07, 6.45) is 2.67. The summed E-state index contributed by atoms with van der Waals surface area (Å²) in [4.78, 5) is 42.3. The van der Waals surface area contributed by atoms with Gasteiger partial charge in [0.05, 0.1) is 28.7 Å². The van der Waals surface area contributed by atoms with E-state index in [1.807, 2.05) is 24.3 Å². The first kappa shape index (κ1) is 25.5. The number of nitrogens with zero attached hydrogens (tertiary/aromatic N) is 4. The zero-order valence-corrected chi connectivity index (χ0v) is 22.4. The number of likely N-dealkylation sites (tertiary alicyclic amines) is 1. The number of aliphatic hydroxyl groups excluding tert-OH is 1. The standard InChI is InChI=1S/C24H30BrN5O5S/c1-2-35-23(34)17-18-22(33)29(10-6-3-7-11-31)20(24(18)12-14(25)19(17)36-24)21(32)26-13-30-16-9-5-4-8-15(16)27-28-30/h4-5,8-9,14,17-20,31H,2-3,6-7,10-13H2,1H3,(H,26,32)/t14?,17-,18+,19-,20?,24?/m1/s1. The molecule has 2 aromatic rings. The zero-order valence-electron chi connectivity index (χ0n) is 20.0. The Morgan fingerprint density at radius 3 is 2.89 bits per heavy atom. The number of esters is 1. The summed E-state index contributed by atoms with van der Waals surface area (Å²) in [6.45, 7) is 2.61. The van der Waals surface area contributed by atoms with Gasteiger partial charge < -0.3 is 20.1 Å². The normalized spacial score (nSPS) is 30.7. The van der Waals surface area contributed by atoms with Crippen LogP contribution >= 0.6 is 27.7 Å². The Hall–Kier alpha value is -2.18. The summed E-state index contributed by atoms with van der Waals surface area (Å²) in [5.74, 6) is -1.96. The van der Waals surface area contributed by atoms with Crippen molar-refractivity contribution in [1.82, 2.24) is 25.2 Å². The number of carbonyl (C=O) groups is 3. The highest BCUT2D eigenvalue weighted by Crippen LogP contribution is 2.67. The molecule has 0 aliphatic carbocycles. The Morgan fingerprint density at radius 2 is 2.11 bits per heavy atom. The Labute approximate surface area is 221 Å². The fourth-order valence-electron chi connectivity index (χ4n) is 6.03. The molecule has 3 unspecified atom stereocenters. The van der Waals surface area contributed by atoms with Crippen LogP contribution in [0.1, 0.15) is 32.6 Å². The lowest BCUT2D eigenvalue weighted by Crippen LogP contribution is -2.54. The van der Waals surface area contributed by atoms with Crippen LogP contribution in [0.15, 0.2) is 24.3 Å². The van der Waals surface area contributed by atoms with Crippen LogP contribution in [0.3, 0.4) is 0 Å². The average molecular weight is 581 g/mol. The Kier molecular flexibility index (Phi) is 7.28. The minimum absolute atomic E-state index is 0.00449. The molecule has 1 aromatic carbocycles. The summed E-state index contributed by atoms with van der Waals surface area (Å²) in [5.41, 5.74) is 1.53. The molecule has 4 heterocycles. The molecular formula is C24H30BrN5O5S. The molecule has 3 aliphatic rings. The molecule has 0 saturated carbocycles. The zero-order chi connectivity index (χ0) is 25.4. The van der Waals surface area contributed by atoms with Gasteiger partial charge in [0.2, 0.25) is 11.8 Å². The quantitative estimate of drug-likeness (QED) is 0.247. The summed E-state index contributed by atoms with van der Waals surface area (Å²) >= 11 is 5.32. The Morgan fingerprint density at radius 1 is 1.31 bits per heavy atom. The molecule has 3 fully saturated rings. The Balaban J connectivity index is 1.43. The van der Waals surface area contributed by atoms with Gasteiger partial charge in [-0.15, -0.1) is 16.9 Å². The number of halogens is 1. The third-order valence-corrected chi connectivity index (χ3v) is 10.7. The van der Waals surface area contributed by atoms with Gasteiger partial charge >= 0.3 is 5.97 Å². The summed E-state index contributed by atoms with van der Waals surface area (Å²) < 4.78 is 6.28. The largest absolute Gasteiger partial charge is 0.466 e. The number of nitrogens with one attached hydrogen (secondary N) is 1. The first-order chi connectivity index (χ1) is 17.4. The first-order valence-electron chi connectivity index (χ1n) is 12.4. The predicted molar refractivity (Wildman–Crippen MR) is 137 cm³/mol. The van der Waals surface area contributed by atoms with Crippen LogP contribution in [0.4, 0.5) is 0 Å². The Bertz CT molecular complexity index is 1160. The smallest absolute Gasteiger partial charge is 0.310 e. The SMILES string of the molecule is CCOC(=O)[C@H]1[C@@H]2SC3(CC2Br)C(C(=O)NCn2nnc4ccccc42)N(CCCCCO)C(=O)[C@H]13. The number of fused-ring (bicyclic) bond motifs is 2. The van der Waals surface area contributed by atoms with E-state index in [0.29, 0.717) is 25.8 Å². The third kappa shape index (κ3) is 4.10. The highest BCUT2D eigenvalue weighted by atomic mass is 79.9. The van der Waals surface area contributed by atoms with Gasteiger partial charge in [0, 0.05) is 23.2 Å². The lowest BCUT2D eigenvalue weighted by molar-refractivity contribution is -0.153. The first-order valence-corrected chi connectivity index (χ1v) is 14.2. The fraction of sp³-hybridized carbons (Fsp3) is 0.625. The predicted octanol–water partition coefficient (Wildman–Crippen LogP) is 1.70. The van der Waals surface area contributed by atoms with Crippen molar-refractivity contribution in [2.24, 2.45) is 11.8 Å². The van der Waals surface area contributed by atoms with Crippen LogP contribution in [0.2, 0.25) is 0 Å². The molecule has 36 heavy (non-hydrogen) atoms. The topological polar surface area (TPSA) is 127 Å². The van der Waals surface area contributed by atoms with E-state index in [1.54, 1.807) is 28.3 Å². The maximum absolute atomic E-state index is 13.8. The van der Waals surface area contributed by atoms with Gasteiger partial charge in [-0.25, -0.2) is 4.68 Å². The monoisotopic (exact) mass is 579 g/mol. The molecule has 2 N–H and O–H groups in total. The molecule has 5 rings (SSSR count). The van der Waals surface area contributed by atoms with Crippen molar-refractivity contribution in [2.45, 2.75) is 60.1 Å². The van der Waals surface area contributed by atoms with E-state index in [9.17, 15) is 14.4 Å². The lowest BCUT2D eigenvalue weighted by atomic mass is 9.71. The van der Waals surface area contributed by atoms with Crippen LogP contribution in [0.25, 0.3) is 11.0 Å². The van der Waals surface area contributed by atoms with Gasteiger partial charge in [0.25, 0.3) is 0 Å². The number of carbonyl (C=O) groups excluding carboxylic acids is 3. The van der Waals surface area contributed by atoms with Gasteiger partial charge in [0.15, 0.2) is 0 Å². The van der Waals surface area contributed by atoms with Crippen molar-refractivity contribution in [3.05, 3.63) is 24.3 Å². The highest BCUT2D eigenvalue weighted by Gasteiger charge is 2.75. The molecule has 3 saturated heterocycles. The summed E-state index contributed by atoms with van der Waals surface area (Å²) in [6, 6.07) is 6.79. The van der Waals surface area contributed by atoms with E-state index in [-0.39, 0.29) is 47.7 Å². The van der Waals surface area contributed by atoms with Crippen LogP contribution in [0, 0.1) is 11.8 Å². The van der Waals surface area contributed by atoms with Gasteiger partial charge in [-0.05, 0) is 44.7 Å². The molecule has 10 nitrogen and oxygen atoms in total. The van der Waals surface area contributed by atoms with Crippen LogP contribution in [-0.2, 0) is 25.8 Å². The number of ether oxygens (including phenoxy) is 1. The van der Waals surface area contributed by atoms with Crippen LogP contribution in [-0.4, -0.2) is 83.4 Å². The van der Waals surface area contributed by atoms with Crippen LogP contribution in [0.5, 0.6) is 0 Å². The molecule has 6 atom stereocenters. The minimum Gasteiger partial charge on any atom is -0.466 e. The molecule has 194 valence electrons. The van der Waals surface area contributed by atoms with Crippen molar-refractivity contribution in [2.75, 3.05) is 19.8 Å². The maximum atomic E-state index is 13.8. The molecule has 3 aliphatic heterocycles. The molecule has 1 spiro atoms. The van der Waals surface area contributed by atoms with Crippen molar-refractivity contribution in [1.29, 1.82) is 0 Å². The van der Waals surface area contributed by atoms with E-state index in [2.05, 4.69) is 31.6 Å². The average Bonchev–Trinajstić information content (AvgIpc) is 3.58. The second-order valence-electron chi connectivity index (χ2n) is 9.51. The number of hydrogen-bond acceptors (Lipinski definition) is 8. The number of hydrogen-bond donors (Lipinski definition) is 2. The number of para-hydroxylation sites is 1. The van der Waals surface area contributed by atoms with Gasteiger partial charge in [-0.3, -0.25) is 14.4 Å². The van der Waals surface area contributed by atoms with E-state index in [0.717, 1.165) is 17.5 Å². The number of unbranched alkanes of at least 4 members (excludes halogenated alkanes) is 2. The maximum Gasteiger partial charge on any atom is 0.310 e. The van der Waals surface area contributed by atoms with E-state index >= 15 is 0 Å². The van der Waals surface area contributed by atoms with Crippen LogP contribution < -0.4 is 5.32 Å². The van der Waals surface area contributed by atoms with Crippen molar-refractivity contribution in [3.8, 4) is 0 Å². The fourth-order valence-corrected chi connectivity index (χ4v) is 9.63. The number of thioether (sulfide) groups is 1. The number of alkyl halides is 1. The van der Waals surface area contributed by atoms with Gasteiger partial charge in [0.1, 0.15) is 18.2 Å². The highest BCUT2D eigenvalue weighted by molar-refractivity contribution is 9.09. The minimum atomic E-state index is -0.714. The second kappa shape index (κ2) is 10.3. The molecule has 2 amide bonds. The van der Waals surface area contributed by atoms with Gasteiger partial charge in [-0.1, -0.05) is 33.3 Å². The summed E-state index contributed by atoms with van der Waals surface area (Å²) in [5, 5.41) is 20.3. The van der Waals surface area contributed by atoms with E-state index in [4.69, 9.17) is 9.84 Å². The molecule has 0 radical (unpaired) electrons. The molecule has 2 bridgehead atoms. The number of aromatic nitrogens is 3. The third-order valence-electron chi connectivity index (χ3n) is 7.48. The molecule has 1 aromatic heterocycles. The number of rotatable bonds is 10. The molecular weight excluding hydrogens is 550 g/mol. The second-order valence-corrected chi connectivity index (χ2v) is 12.2.